The quantitative estimate of drug-likeness (QED) is 0.0146. The summed E-state index contributed by atoms with van der Waals surface area (Å²) in [5.41, 5.74) is 0. The summed E-state index contributed by atoms with van der Waals surface area (Å²) in [6, 6.07) is 0. The second-order valence-corrected chi connectivity index (χ2v) is 35.0. The van der Waals surface area contributed by atoms with Gasteiger partial charge in [0.2, 0.25) is 0 Å². The second-order valence-electron chi connectivity index (χ2n) is 32.1. The maximum Gasteiger partial charge on any atom is 0.472 e. The molecule has 0 aliphatic carbocycles. The highest BCUT2D eigenvalue weighted by Gasteiger charge is 2.30. The molecule has 0 aliphatic rings. The number of carbonyl (C=O) groups is 3. The van der Waals surface area contributed by atoms with Crippen molar-refractivity contribution in [3.05, 3.63) is 170 Å². The predicted octanol–water partition coefficient (Wildman–Crippen LogP) is 30.2. The maximum absolute atomic E-state index is 13.1. The Bertz CT molecular complexity index is 2880. The minimum absolute atomic E-state index is 0.0966. The predicted molar refractivity (Wildman–Crippen MR) is 509 cm³/mol. The van der Waals surface area contributed by atoms with Crippen molar-refractivity contribution in [2.45, 2.75) is 424 Å². The highest BCUT2D eigenvalue weighted by Crippen LogP contribution is 2.45. The summed E-state index contributed by atoms with van der Waals surface area (Å²) in [5, 5.41) is 20.8. The molecular weight excluding hydrogens is 1560 g/mol. The number of allylic oxidation sites excluding steroid dienone is 28. The first-order chi connectivity index (χ1) is 59.2. The molecule has 0 spiro atoms. The average Bonchev–Trinajstić information content (AvgIpc) is 0.908. The van der Waals surface area contributed by atoms with Gasteiger partial charge in [0, 0.05) is 19.3 Å². The van der Waals surface area contributed by atoms with Crippen LogP contribution in [0.15, 0.2) is 170 Å². The zero-order valence-corrected chi connectivity index (χ0v) is 78.4. The van der Waals surface area contributed by atoms with E-state index in [4.69, 9.17) is 32.3 Å². The van der Waals surface area contributed by atoms with Gasteiger partial charge in [-0.2, -0.15) is 0 Å². The zero-order valence-electron chi connectivity index (χ0n) is 76.6. The fourth-order valence-electron chi connectivity index (χ4n) is 13.1. The van der Waals surface area contributed by atoms with Crippen LogP contribution < -0.4 is 0 Å². The van der Waals surface area contributed by atoms with Crippen LogP contribution >= 0.6 is 15.6 Å². The summed E-state index contributed by atoms with van der Waals surface area (Å²) in [5.74, 6) is -1.57. The summed E-state index contributed by atoms with van der Waals surface area (Å²) in [6.07, 6.45) is 122. The Morgan fingerprint density at radius 3 is 0.694 bits per heavy atom. The number of phosphoric ester groups is 2. The normalized spacial score (nSPS) is 14.5. The van der Waals surface area contributed by atoms with Gasteiger partial charge in [0.05, 0.1) is 26.4 Å². The fourth-order valence-corrected chi connectivity index (χ4v) is 14.7. The van der Waals surface area contributed by atoms with E-state index in [2.05, 4.69) is 191 Å². The van der Waals surface area contributed by atoms with Gasteiger partial charge in [-0.25, -0.2) is 9.13 Å². The first kappa shape index (κ1) is 116. The van der Waals surface area contributed by atoms with Crippen LogP contribution in [0.1, 0.15) is 406 Å². The highest BCUT2D eigenvalue weighted by atomic mass is 31.2. The van der Waals surface area contributed by atoms with Crippen molar-refractivity contribution in [1.82, 2.24) is 0 Å². The molecule has 0 bridgehead atoms. The molecule has 0 rings (SSSR count). The number of esters is 3. The monoisotopic (exact) mass is 1730 g/mol. The molecule has 4 N–H and O–H groups in total. The Labute approximate surface area is 739 Å². The Kier molecular flexibility index (Phi) is 90.1. The summed E-state index contributed by atoms with van der Waals surface area (Å²) in [4.78, 5) is 59.1. The lowest BCUT2D eigenvalue weighted by Gasteiger charge is -2.21. The van der Waals surface area contributed by atoms with E-state index in [1.54, 1.807) is 0 Å². The first-order valence-electron chi connectivity index (χ1n) is 48.4. The summed E-state index contributed by atoms with van der Waals surface area (Å²) in [7, 11) is -9.82. The van der Waals surface area contributed by atoms with Crippen molar-refractivity contribution in [3.63, 3.8) is 0 Å². The molecular formula is C103H176O16P2. The number of phosphoric acid groups is 2. The van der Waals surface area contributed by atoms with Gasteiger partial charge >= 0.3 is 33.6 Å². The number of ether oxygens (including phenoxy) is 3. The van der Waals surface area contributed by atoms with E-state index in [9.17, 15) is 43.5 Å². The molecule has 18 heteroatoms. The van der Waals surface area contributed by atoms with Crippen LogP contribution in [-0.4, -0.2) is 95.9 Å². The van der Waals surface area contributed by atoms with Gasteiger partial charge < -0.3 is 34.2 Å². The molecule has 16 nitrogen and oxygen atoms in total. The first-order valence-corrected chi connectivity index (χ1v) is 51.4. The average molecular weight is 1730 g/mol. The van der Waals surface area contributed by atoms with Crippen LogP contribution in [0.3, 0.4) is 0 Å². The number of hydrogen-bond acceptors (Lipinski definition) is 14. The van der Waals surface area contributed by atoms with Crippen molar-refractivity contribution in [3.8, 4) is 0 Å². The molecule has 0 fully saturated rings. The van der Waals surface area contributed by atoms with Crippen molar-refractivity contribution >= 4 is 33.6 Å². The lowest BCUT2D eigenvalue weighted by molar-refractivity contribution is -0.161. The van der Waals surface area contributed by atoms with Crippen molar-refractivity contribution in [2.24, 2.45) is 0 Å². The standard InChI is InChI=1S/C103H176O16P2/c1-4-7-10-13-16-19-22-25-28-31-34-37-40-43-46-47-48-49-52-54-56-59-62-65-68-71-74-77-80-83-86-89-101(106)113-92-98(104)93-115-120(109,110)116-94-99(105)95-117-121(111,112)118-97-100(119-103(108)91-88-85-82-79-76-73-70-67-64-61-58-55-51-45-42-39-36-33-30-27-24-21-18-15-12-9-6-3)96-114-102(107)90-87-84-81-78-75-72-69-66-63-60-57-53-50-44-41-38-35-32-29-26-23-20-17-14-11-8-5-2/h7-8,10-11,16-21,25-30,34-39,43-46,50-51,98-100,104-105H,4-6,9,12-15,22-24,31-33,40-42,47-49,52-97H2,1-3H3,(H,109,110)(H,111,112)/b10-7-,11-8-,19-16-,20-17-,21-18-,28-25-,29-26-,30-27-,37-34-,38-35-,39-36-,46-43-,50-44-,51-45-. The molecule has 0 amide bonds. The molecule has 5 unspecified atom stereocenters. The van der Waals surface area contributed by atoms with Crippen molar-refractivity contribution in [2.75, 3.05) is 39.6 Å². The van der Waals surface area contributed by atoms with E-state index < -0.39 is 91.5 Å². The largest absolute Gasteiger partial charge is 0.472 e. The molecule has 0 heterocycles. The smallest absolute Gasteiger partial charge is 0.463 e. The molecule has 0 saturated carbocycles. The van der Waals surface area contributed by atoms with Crippen LogP contribution in [0.5, 0.6) is 0 Å². The van der Waals surface area contributed by atoms with Crippen LogP contribution in [0.25, 0.3) is 0 Å². The summed E-state index contributed by atoms with van der Waals surface area (Å²) >= 11 is 0. The minimum Gasteiger partial charge on any atom is -0.463 e. The van der Waals surface area contributed by atoms with Gasteiger partial charge in [-0.3, -0.25) is 32.5 Å². The molecule has 121 heavy (non-hydrogen) atoms. The van der Waals surface area contributed by atoms with Gasteiger partial charge in [0.25, 0.3) is 0 Å². The number of carbonyl (C=O) groups excluding carboxylic acids is 3. The summed E-state index contributed by atoms with van der Waals surface area (Å²) < 4.78 is 61.6. The topological polar surface area (TPSA) is 231 Å². The zero-order chi connectivity index (χ0) is 87.9. The SMILES string of the molecule is CC/C=C\C/C=C\C/C=C\C/C=C\C/C=C\CCCCCCCCCCCCCCCCCC(=O)OCC(O)COP(=O)(O)OCC(O)COP(=O)(O)OCC(COC(=O)CCCCCCCCCCCCC/C=C\C/C=C\C/C=C\C/C=C\C/C=C\CC)OC(=O)CCCCCCCCCCCCC/C=C\C/C=C\C/C=C\C/C=C\CCCCC. The summed E-state index contributed by atoms with van der Waals surface area (Å²) in [6.45, 7) is 2.48. The van der Waals surface area contributed by atoms with Crippen molar-refractivity contribution in [1.29, 1.82) is 0 Å². The minimum atomic E-state index is -4.95. The lowest BCUT2D eigenvalue weighted by Crippen LogP contribution is -2.30. The van der Waals surface area contributed by atoms with Gasteiger partial charge in [0.15, 0.2) is 6.10 Å². The Morgan fingerprint density at radius 2 is 0.438 bits per heavy atom. The number of aliphatic hydroxyl groups excluding tert-OH is 2. The number of rotatable bonds is 91. The van der Waals surface area contributed by atoms with Crippen molar-refractivity contribution < 1.29 is 75.8 Å². The van der Waals surface area contributed by atoms with Gasteiger partial charge in [0.1, 0.15) is 25.4 Å². The van der Waals surface area contributed by atoms with E-state index in [0.717, 1.165) is 167 Å². The van der Waals surface area contributed by atoms with Gasteiger partial charge in [-0.05, 0) is 154 Å². The van der Waals surface area contributed by atoms with E-state index in [-0.39, 0.29) is 19.3 Å². The number of unbranched alkanes of at least 4 members (excludes halogenated alkanes) is 40. The molecule has 0 aliphatic heterocycles. The number of aliphatic hydroxyl groups is 2. The molecule has 0 aromatic heterocycles. The van der Waals surface area contributed by atoms with Crippen LogP contribution in [-0.2, 0) is 55.8 Å². The second kappa shape index (κ2) is 94.1. The van der Waals surface area contributed by atoms with E-state index in [1.807, 2.05) is 0 Å². The Hall–Kier alpha value is -5.09. The third-order valence-electron chi connectivity index (χ3n) is 20.4. The molecule has 5 atom stereocenters. The van der Waals surface area contributed by atoms with Gasteiger partial charge in [-0.15, -0.1) is 0 Å². The fraction of sp³-hybridized carbons (Fsp3) is 0.699. The van der Waals surface area contributed by atoms with Crippen LogP contribution in [0.4, 0.5) is 0 Å². The third-order valence-corrected chi connectivity index (χ3v) is 22.3. The Morgan fingerprint density at radius 1 is 0.240 bits per heavy atom. The molecule has 0 aromatic rings. The maximum atomic E-state index is 13.1. The van der Waals surface area contributed by atoms with E-state index in [0.29, 0.717) is 19.3 Å². The van der Waals surface area contributed by atoms with Gasteiger partial charge in [-0.1, -0.05) is 403 Å². The molecule has 694 valence electrons. The lowest BCUT2D eigenvalue weighted by atomic mass is 10.0. The Balaban J connectivity index is 4.63. The third kappa shape index (κ3) is 95.4. The molecule has 0 saturated heterocycles. The van der Waals surface area contributed by atoms with E-state index >= 15 is 0 Å². The van der Waals surface area contributed by atoms with Crippen LogP contribution in [0.2, 0.25) is 0 Å². The molecule has 0 aromatic carbocycles. The highest BCUT2D eigenvalue weighted by molar-refractivity contribution is 7.47. The van der Waals surface area contributed by atoms with E-state index in [1.165, 1.54) is 180 Å². The number of hydrogen-bond donors (Lipinski definition) is 4. The molecule has 0 radical (unpaired) electrons. The van der Waals surface area contributed by atoms with Crippen LogP contribution in [0, 0.1) is 0 Å².